The molecule has 234 valence electrons. The van der Waals surface area contributed by atoms with Crippen molar-refractivity contribution in [1.29, 1.82) is 0 Å². The molecule has 4 heteroatoms. The number of benzene rings is 7. The van der Waals surface area contributed by atoms with Crippen molar-refractivity contribution in [1.82, 2.24) is 15.0 Å². The van der Waals surface area contributed by atoms with Crippen molar-refractivity contribution in [3.8, 4) is 45.3 Å². The van der Waals surface area contributed by atoms with Crippen molar-refractivity contribution in [2.75, 3.05) is 4.90 Å². The standard InChI is InChI=1S/C46H30N4/c1-4-17-31(18-5-1)43-47-44(32-19-6-2-7-20-32)49-45(48-43)36-25-16-24-35-34-23-10-11-26-37(34)46(42(35)36)38-27-12-14-29-40(38)50(33-21-8-3-9-22-33)41-30-15-13-28-39(41)46/h1-30H. The van der Waals surface area contributed by atoms with Crippen molar-refractivity contribution in [2.24, 2.45) is 0 Å². The van der Waals surface area contributed by atoms with E-state index in [-0.39, 0.29) is 0 Å². The van der Waals surface area contributed by atoms with Crippen LogP contribution >= 0.6 is 0 Å². The van der Waals surface area contributed by atoms with E-state index in [1.165, 1.54) is 33.4 Å². The average Bonchev–Trinajstić information content (AvgIpc) is 3.50. The lowest BCUT2D eigenvalue weighted by Gasteiger charge is -2.45. The zero-order valence-corrected chi connectivity index (χ0v) is 27.1. The Morgan fingerprint density at radius 2 is 0.780 bits per heavy atom. The van der Waals surface area contributed by atoms with Crippen molar-refractivity contribution >= 4 is 17.1 Å². The van der Waals surface area contributed by atoms with Gasteiger partial charge >= 0.3 is 0 Å². The Kier molecular flexibility index (Phi) is 6.36. The third-order valence-corrected chi connectivity index (χ3v) is 10.1. The predicted molar refractivity (Wildman–Crippen MR) is 202 cm³/mol. The molecule has 50 heavy (non-hydrogen) atoms. The molecule has 1 spiro atoms. The first-order valence-corrected chi connectivity index (χ1v) is 17.0. The van der Waals surface area contributed by atoms with Crippen molar-refractivity contribution in [3.05, 3.63) is 204 Å². The number of para-hydroxylation sites is 3. The van der Waals surface area contributed by atoms with Crippen LogP contribution in [0.15, 0.2) is 182 Å². The van der Waals surface area contributed by atoms with Gasteiger partial charge in [-0.1, -0.05) is 158 Å². The summed E-state index contributed by atoms with van der Waals surface area (Å²) in [5.41, 5.74) is 13.0. The Morgan fingerprint density at radius 1 is 0.340 bits per heavy atom. The first-order valence-electron chi connectivity index (χ1n) is 17.0. The fourth-order valence-corrected chi connectivity index (χ4v) is 8.14. The molecule has 4 nitrogen and oxygen atoms in total. The van der Waals surface area contributed by atoms with Gasteiger partial charge in [-0.15, -0.1) is 0 Å². The van der Waals surface area contributed by atoms with Gasteiger partial charge < -0.3 is 4.90 Å². The minimum absolute atomic E-state index is 0.632. The molecule has 0 N–H and O–H groups in total. The topological polar surface area (TPSA) is 41.9 Å². The number of nitrogens with zero attached hydrogens (tertiary/aromatic N) is 4. The Bertz CT molecular complexity index is 2440. The molecule has 2 heterocycles. The van der Waals surface area contributed by atoms with E-state index >= 15 is 0 Å². The van der Waals surface area contributed by atoms with Gasteiger partial charge in [-0.05, 0) is 57.6 Å². The molecular formula is C46H30N4. The summed E-state index contributed by atoms with van der Waals surface area (Å²) in [7, 11) is 0. The summed E-state index contributed by atoms with van der Waals surface area (Å²) in [6.45, 7) is 0. The van der Waals surface area contributed by atoms with Crippen molar-refractivity contribution < 1.29 is 0 Å². The summed E-state index contributed by atoms with van der Waals surface area (Å²) in [4.78, 5) is 17.9. The van der Waals surface area contributed by atoms with Crippen LogP contribution in [0.3, 0.4) is 0 Å². The molecule has 0 amide bonds. The lowest BCUT2D eigenvalue weighted by atomic mass is 9.63. The minimum atomic E-state index is -0.632. The van der Waals surface area contributed by atoms with E-state index in [0.717, 1.165) is 33.8 Å². The largest absolute Gasteiger partial charge is 0.310 e. The average molecular weight is 639 g/mol. The zero-order valence-electron chi connectivity index (χ0n) is 27.1. The van der Waals surface area contributed by atoms with Crippen LogP contribution in [0.1, 0.15) is 22.3 Å². The number of hydrogen-bond acceptors (Lipinski definition) is 4. The van der Waals surface area contributed by atoms with Crippen LogP contribution < -0.4 is 4.90 Å². The molecule has 0 fully saturated rings. The Morgan fingerprint density at radius 3 is 1.38 bits per heavy atom. The smallest absolute Gasteiger partial charge is 0.164 e. The molecule has 8 aromatic rings. The maximum Gasteiger partial charge on any atom is 0.164 e. The van der Waals surface area contributed by atoms with E-state index in [1.54, 1.807) is 0 Å². The Balaban J connectivity index is 1.32. The molecule has 1 aliphatic heterocycles. The summed E-state index contributed by atoms with van der Waals surface area (Å²) in [6.07, 6.45) is 0. The number of anilines is 3. The van der Waals surface area contributed by atoms with Gasteiger partial charge in [0, 0.05) is 22.4 Å². The van der Waals surface area contributed by atoms with Crippen LogP contribution in [-0.2, 0) is 5.41 Å². The minimum Gasteiger partial charge on any atom is -0.310 e. The molecule has 10 rings (SSSR count). The van der Waals surface area contributed by atoms with Crippen LogP contribution in [0, 0.1) is 0 Å². The molecule has 2 aliphatic rings. The van der Waals surface area contributed by atoms with Gasteiger partial charge in [0.25, 0.3) is 0 Å². The van der Waals surface area contributed by atoms with Gasteiger partial charge in [-0.2, -0.15) is 0 Å². The highest BCUT2D eigenvalue weighted by Crippen LogP contribution is 2.64. The lowest BCUT2D eigenvalue weighted by molar-refractivity contribution is 0.753. The highest BCUT2D eigenvalue weighted by Gasteiger charge is 2.53. The van der Waals surface area contributed by atoms with Gasteiger partial charge in [0.05, 0.1) is 16.8 Å². The van der Waals surface area contributed by atoms with Crippen molar-refractivity contribution in [3.63, 3.8) is 0 Å². The fraction of sp³-hybridized carbons (Fsp3) is 0.0217. The number of hydrogen-bond donors (Lipinski definition) is 0. The van der Waals surface area contributed by atoms with Gasteiger partial charge in [0.2, 0.25) is 0 Å². The summed E-state index contributed by atoms with van der Waals surface area (Å²) < 4.78 is 0. The van der Waals surface area contributed by atoms with Gasteiger partial charge in [0.15, 0.2) is 17.5 Å². The fourth-order valence-electron chi connectivity index (χ4n) is 8.14. The van der Waals surface area contributed by atoms with Crippen LogP contribution in [0.25, 0.3) is 45.3 Å². The van der Waals surface area contributed by atoms with E-state index in [1.807, 2.05) is 36.4 Å². The Hall–Kier alpha value is -6.65. The highest BCUT2D eigenvalue weighted by atomic mass is 15.2. The third kappa shape index (κ3) is 4.09. The van der Waals surface area contributed by atoms with E-state index in [9.17, 15) is 0 Å². The number of fused-ring (bicyclic) bond motifs is 9. The van der Waals surface area contributed by atoms with Crippen molar-refractivity contribution in [2.45, 2.75) is 5.41 Å². The molecule has 1 aliphatic carbocycles. The third-order valence-electron chi connectivity index (χ3n) is 10.1. The van der Waals surface area contributed by atoms with E-state index < -0.39 is 5.41 Å². The summed E-state index contributed by atoms with van der Waals surface area (Å²) in [5, 5.41) is 0. The maximum absolute atomic E-state index is 5.26. The van der Waals surface area contributed by atoms with Gasteiger partial charge in [-0.25, -0.2) is 15.0 Å². The summed E-state index contributed by atoms with van der Waals surface area (Å²) in [5.74, 6) is 1.95. The SMILES string of the molecule is c1ccc(-c2nc(-c3ccccc3)nc(-c3cccc4c3C3(c5ccccc5-4)c4ccccc4N(c4ccccc4)c4ccccc43)n2)cc1. The van der Waals surface area contributed by atoms with Crippen LogP contribution in [0.4, 0.5) is 17.1 Å². The monoisotopic (exact) mass is 638 g/mol. The summed E-state index contributed by atoms with van der Waals surface area (Å²) in [6, 6.07) is 64.3. The second-order valence-corrected chi connectivity index (χ2v) is 12.8. The molecule has 7 aromatic carbocycles. The quantitative estimate of drug-likeness (QED) is 0.192. The number of rotatable bonds is 4. The molecular weight excluding hydrogens is 609 g/mol. The molecule has 0 unspecified atom stereocenters. The number of aromatic nitrogens is 3. The van der Waals surface area contributed by atoms with E-state index in [2.05, 4.69) is 150 Å². The second kappa shape index (κ2) is 11.2. The molecule has 0 bridgehead atoms. The van der Waals surface area contributed by atoms with E-state index in [4.69, 9.17) is 15.0 Å². The highest BCUT2D eigenvalue weighted by molar-refractivity contribution is 5.98. The first-order chi connectivity index (χ1) is 24.8. The first kappa shape index (κ1) is 28.4. The van der Waals surface area contributed by atoms with E-state index in [0.29, 0.717) is 17.5 Å². The molecule has 0 saturated heterocycles. The molecule has 0 saturated carbocycles. The summed E-state index contributed by atoms with van der Waals surface area (Å²) >= 11 is 0. The van der Waals surface area contributed by atoms with Crippen LogP contribution in [-0.4, -0.2) is 15.0 Å². The lowest BCUT2D eigenvalue weighted by Crippen LogP contribution is -2.36. The Labute approximate surface area is 291 Å². The molecule has 0 atom stereocenters. The van der Waals surface area contributed by atoms with Crippen LogP contribution in [0.5, 0.6) is 0 Å². The normalized spacial score (nSPS) is 13.3. The van der Waals surface area contributed by atoms with Crippen LogP contribution in [0.2, 0.25) is 0 Å². The second-order valence-electron chi connectivity index (χ2n) is 12.8. The zero-order chi connectivity index (χ0) is 33.1. The molecule has 1 aromatic heterocycles. The van der Waals surface area contributed by atoms with Gasteiger partial charge in [-0.3, -0.25) is 0 Å². The van der Waals surface area contributed by atoms with Gasteiger partial charge in [0.1, 0.15) is 0 Å². The molecule has 0 radical (unpaired) electrons. The maximum atomic E-state index is 5.26. The predicted octanol–water partition coefficient (Wildman–Crippen LogP) is 11.0.